The number of fused-ring (bicyclic) bond motifs is 1. The van der Waals surface area contributed by atoms with E-state index in [4.69, 9.17) is 10.00 Å². The molecule has 0 aliphatic heterocycles. The van der Waals surface area contributed by atoms with Crippen LogP contribution in [0.3, 0.4) is 0 Å². The van der Waals surface area contributed by atoms with Crippen molar-refractivity contribution >= 4 is 21.6 Å². The van der Waals surface area contributed by atoms with Crippen LogP contribution in [0.25, 0.3) is 20.8 Å². The highest BCUT2D eigenvalue weighted by Gasteiger charge is 2.10. The molecule has 0 saturated carbocycles. The highest BCUT2D eigenvalue weighted by molar-refractivity contribution is 7.21. The van der Waals surface area contributed by atoms with Gasteiger partial charge in [0, 0.05) is 0 Å². The zero-order chi connectivity index (χ0) is 13.1. The summed E-state index contributed by atoms with van der Waals surface area (Å²) in [6, 6.07) is 17.7. The van der Waals surface area contributed by atoms with Gasteiger partial charge in [0.25, 0.3) is 0 Å². The van der Waals surface area contributed by atoms with Gasteiger partial charge < -0.3 is 4.74 Å². The summed E-state index contributed by atoms with van der Waals surface area (Å²) >= 11 is 1.62. The second-order valence-corrected chi connectivity index (χ2v) is 4.96. The van der Waals surface area contributed by atoms with E-state index < -0.39 is 0 Å². The van der Waals surface area contributed by atoms with E-state index in [0.717, 1.165) is 20.8 Å². The van der Waals surface area contributed by atoms with Crippen molar-refractivity contribution in [1.82, 2.24) is 4.98 Å². The first kappa shape index (κ1) is 11.7. The first-order valence-electron chi connectivity index (χ1n) is 5.83. The summed E-state index contributed by atoms with van der Waals surface area (Å²) in [4.78, 5) is 4.61. The Bertz CT molecular complexity index is 725. The summed E-state index contributed by atoms with van der Waals surface area (Å²) in [6.45, 7) is 0.0436. The lowest BCUT2D eigenvalue weighted by Gasteiger charge is -2.05. The number of aromatic nitrogens is 1. The molecule has 0 radical (unpaired) electrons. The third kappa shape index (κ3) is 2.28. The van der Waals surface area contributed by atoms with Gasteiger partial charge in [-0.2, -0.15) is 5.26 Å². The van der Waals surface area contributed by atoms with Gasteiger partial charge >= 0.3 is 0 Å². The van der Waals surface area contributed by atoms with Crippen LogP contribution < -0.4 is 4.74 Å². The first-order valence-corrected chi connectivity index (χ1v) is 6.65. The van der Waals surface area contributed by atoms with Gasteiger partial charge in [0.2, 0.25) is 0 Å². The molecule has 1 heterocycles. The SMILES string of the molecule is N#CCOc1ccccc1-c1nc2ccccc2s1. The summed E-state index contributed by atoms with van der Waals surface area (Å²) in [7, 11) is 0. The number of rotatable bonds is 3. The summed E-state index contributed by atoms with van der Waals surface area (Å²) in [5.41, 5.74) is 1.91. The predicted octanol–water partition coefficient (Wildman–Crippen LogP) is 3.87. The minimum absolute atomic E-state index is 0.0436. The largest absolute Gasteiger partial charge is 0.478 e. The average molecular weight is 266 g/mol. The molecule has 0 atom stereocenters. The van der Waals surface area contributed by atoms with E-state index in [0.29, 0.717) is 5.75 Å². The third-order valence-corrected chi connectivity index (χ3v) is 3.77. The van der Waals surface area contributed by atoms with Crippen LogP contribution in [0.2, 0.25) is 0 Å². The van der Waals surface area contributed by atoms with Crippen molar-refractivity contribution in [2.45, 2.75) is 0 Å². The Morgan fingerprint density at radius 3 is 2.74 bits per heavy atom. The van der Waals surface area contributed by atoms with Gasteiger partial charge in [0.1, 0.15) is 16.8 Å². The molecule has 1 aromatic heterocycles. The van der Waals surface area contributed by atoms with E-state index in [2.05, 4.69) is 11.1 Å². The Morgan fingerprint density at radius 2 is 1.89 bits per heavy atom. The van der Waals surface area contributed by atoms with E-state index in [1.165, 1.54) is 0 Å². The van der Waals surface area contributed by atoms with Gasteiger partial charge in [0.05, 0.1) is 15.8 Å². The smallest absolute Gasteiger partial charge is 0.174 e. The lowest BCUT2D eigenvalue weighted by molar-refractivity contribution is 0.369. The second-order valence-electron chi connectivity index (χ2n) is 3.93. The number of ether oxygens (including phenoxy) is 1. The van der Waals surface area contributed by atoms with Crippen LogP contribution in [0.5, 0.6) is 5.75 Å². The molecule has 0 spiro atoms. The molecule has 0 amide bonds. The quantitative estimate of drug-likeness (QED) is 0.723. The van der Waals surface area contributed by atoms with Crippen molar-refractivity contribution < 1.29 is 4.74 Å². The molecule has 2 aromatic carbocycles. The fourth-order valence-corrected chi connectivity index (χ4v) is 2.86. The van der Waals surface area contributed by atoms with Gasteiger partial charge in [-0.05, 0) is 24.3 Å². The highest BCUT2D eigenvalue weighted by Crippen LogP contribution is 2.35. The Morgan fingerprint density at radius 1 is 1.11 bits per heavy atom. The number of para-hydroxylation sites is 2. The van der Waals surface area contributed by atoms with Gasteiger partial charge in [-0.25, -0.2) is 4.98 Å². The van der Waals surface area contributed by atoms with Crippen molar-refractivity contribution in [1.29, 1.82) is 5.26 Å². The van der Waals surface area contributed by atoms with Crippen molar-refractivity contribution in [2.75, 3.05) is 6.61 Å². The van der Waals surface area contributed by atoms with E-state index >= 15 is 0 Å². The molecule has 19 heavy (non-hydrogen) atoms. The molecule has 0 bridgehead atoms. The van der Waals surface area contributed by atoms with E-state index in [1.807, 2.05) is 48.5 Å². The maximum atomic E-state index is 8.62. The lowest BCUT2D eigenvalue weighted by atomic mass is 10.2. The summed E-state index contributed by atoms with van der Waals surface area (Å²) in [5, 5.41) is 9.53. The van der Waals surface area contributed by atoms with Crippen molar-refractivity contribution in [2.24, 2.45) is 0 Å². The molecule has 0 fully saturated rings. The van der Waals surface area contributed by atoms with E-state index in [-0.39, 0.29) is 6.61 Å². The lowest BCUT2D eigenvalue weighted by Crippen LogP contribution is -1.95. The molecule has 0 aliphatic rings. The third-order valence-electron chi connectivity index (χ3n) is 2.70. The van der Waals surface area contributed by atoms with Crippen LogP contribution in [0.4, 0.5) is 0 Å². The summed E-state index contributed by atoms with van der Waals surface area (Å²) in [5.74, 6) is 0.697. The zero-order valence-corrected chi connectivity index (χ0v) is 10.9. The van der Waals surface area contributed by atoms with E-state index in [1.54, 1.807) is 11.3 Å². The number of hydrogen-bond donors (Lipinski definition) is 0. The molecule has 0 aliphatic carbocycles. The number of benzene rings is 2. The molecule has 0 N–H and O–H groups in total. The average Bonchev–Trinajstić information content (AvgIpc) is 2.89. The zero-order valence-electron chi connectivity index (χ0n) is 10.0. The minimum atomic E-state index is 0.0436. The number of nitriles is 1. The standard InChI is InChI=1S/C15H10N2OS/c16-9-10-18-13-7-3-1-5-11(13)15-17-12-6-2-4-8-14(12)19-15/h1-8H,10H2. The topological polar surface area (TPSA) is 45.9 Å². The normalized spacial score (nSPS) is 10.3. The molecule has 92 valence electrons. The van der Waals surface area contributed by atoms with Crippen LogP contribution in [-0.4, -0.2) is 11.6 Å². The second kappa shape index (κ2) is 5.09. The maximum absolute atomic E-state index is 8.62. The van der Waals surface area contributed by atoms with Crippen molar-refractivity contribution in [3.63, 3.8) is 0 Å². The van der Waals surface area contributed by atoms with Crippen LogP contribution in [-0.2, 0) is 0 Å². The van der Waals surface area contributed by atoms with Crippen LogP contribution in [0.15, 0.2) is 48.5 Å². The predicted molar refractivity (Wildman–Crippen MR) is 76.2 cm³/mol. The highest BCUT2D eigenvalue weighted by atomic mass is 32.1. The molecule has 0 unspecified atom stereocenters. The molecular formula is C15H10N2OS. The number of thiazole rings is 1. The minimum Gasteiger partial charge on any atom is -0.478 e. The fraction of sp³-hybridized carbons (Fsp3) is 0.0667. The maximum Gasteiger partial charge on any atom is 0.174 e. The van der Waals surface area contributed by atoms with Crippen LogP contribution >= 0.6 is 11.3 Å². The van der Waals surface area contributed by atoms with Crippen LogP contribution in [0.1, 0.15) is 0 Å². The van der Waals surface area contributed by atoms with Gasteiger partial charge in [-0.15, -0.1) is 11.3 Å². The summed E-state index contributed by atoms with van der Waals surface area (Å²) < 4.78 is 6.59. The van der Waals surface area contributed by atoms with E-state index in [9.17, 15) is 0 Å². The van der Waals surface area contributed by atoms with Gasteiger partial charge in [-0.3, -0.25) is 0 Å². The fourth-order valence-electron chi connectivity index (χ4n) is 1.87. The molecule has 4 heteroatoms. The molecule has 3 aromatic rings. The first-order chi connectivity index (χ1) is 9.38. The van der Waals surface area contributed by atoms with Gasteiger partial charge in [0.15, 0.2) is 6.61 Å². The Hall–Kier alpha value is -2.38. The van der Waals surface area contributed by atoms with Crippen molar-refractivity contribution in [3.8, 4) is 22.4 Å². The number of nitrogens with zero attached hydrogens (tertiary/aromatic N) is 2. The monoisotopic (exact) mass is 266 g/mol. The molecule has 3 nitrogen and oxygen atoms in total. The number of hydrogen-bond acceptors (Lipinski definition) is 4. The van der Waals surface area contributed by atoms with Crippen molar-refractivity contribution in [3.05, 3.63) is 48.5 Å². The molecule has 3 rings (SSSR count). The Labute approximate surface area is 114 Å². The Balaban J connectivity index is 2.08. The van der Waals surface area contributed by atoms with Gasteiger partial charge in [-0.1, -0.05) is 24.3 Å². The molecular weight excluding hydrogens is 256 g/mol. The van der Waals surface area contributed by atoms with Crippen LogP contribution in [0, 0.1) is 11.3 Å². The summed E-state index contributed by atoms with van der Waals surface area (Å²) in [6.07, 6.45) is 0. The molecule has 0 saturated heterocycles. The Kier molecular flexibility index (Phi) is 3.13.